The number of nitrogens with one attached hydrogen (secondary N) is 1. The highest BCUT2D eigenvalue weighted by Crippen LogP contribution is 2.37. The third-order valence-corrected chi connectivity index (χ3v) is 7.59. The first-order valence-electron chi connectivity index (χ1n) is 8.12. The lowest BCUT2D eigenvalue weighted by atomic mass is 10.0. The zero-order valence-corrected chi connectivity index (χ0v) is 15.7. The summed E-state index contributed by atoms with van der Waals surface area (Å²) in [6.07, 6.45) is 6.85. The molecule has 10 heteroatoms. The smallest absolute Gasteiger partial charge is 0.259 e. The number of aromatic nitrogens is 2. The number of imidazole rings is 1. The van der Waals surface area contributed by atoms with E-state index in [0.717, 1.165) is 12.8 Å². The van der Waals surface area contributed by atoms with Gasteiger partial charge in [-0.2, -0.15) is 4.31 Å². The molecule has 2 aliphatic rings. The van der Waals surface area contributed by atoms with Crippen LogP contribution in [-0.2, 0) is 20.0 Å². The summed E-state index contributed by atoms with van der Waals surface area (Å²) < 4.78 is 54.9. The van der Waals surface area contributed by atoms with Crippen molar-refractivity contribution >= 4 is 20.0 Å². The number of hydrogen-bond donors (Lipinski definition) is 1. The summed E-state index contributed by atoms with van der Waals surface area (Å²) in [4.78, 5) is 3.99. The molecule has 1 N–H and O–H groups in total. The fraction of sp³-hybridized carbons (Fsp3) is 0.786. The van der Waals surface area contributed by atoms with Gasteiger partial charge in [-0.05, 0) is 39.5 Å². The van der Waals surface area contributed by atoms with E-state index in [9.17, 15) is 16.8 Å². The van der Waals surface area contributed by atoms with Gasteiger partial charge in [0, 0.05) is 30.4 Å². The second-order valence-electron chi connectivity index (χ2n) is 7.02. The van der Waals surface area contributed by atoms with Crippen molar-refractivity contribution in [3.05, 3.63) is 12.5 Å². The van der Waals surface area contributed by atoms with Crippen LogP contribution in [0.3, 0.4) is 0 Å². The van der Waals surface area contributed by atoms with Gasteiger partial charge in [-0.1, -0.05) is 0 Å². The van der Waals surface area contributed by atoms with Crippen molar-refractivity contribution in [1.82, 2.24) is 18.6 Å². The Morgan fingerprint density at radius 1 is 1.17 bits per heavy atom. The van der Waals surface area contributed by atoms with Crippen molar-refractivity contribution in [3.8, 4) is 0 Å². The van der Waals surface area contributed by atoms with Crippen LogP contribution in [0, 0.1) is 0 Å². The molecule has 3 rings (SSSR count). The Kier molecular flexibility index (Phi) is 4.52. The van der Waals surface area contributed by atoms with Crippen molar-refractivity contribution in [3.63, 3.8) is 0 Å². The summed E-state index contributed by atoms with van der Waals surface area (Å²) >= 11 is 0. The molecule has 2 unspecified atom stereocenters. The van der Waals surface area contributed by atoms with E-state index in [-0.39, 0.29) is 29.2 Å². The molecular weight excluding hydrogens is 352 g/mol. The molecule has 1 aromatic heterocycles. The SMILES string of the molecule is CC(C)n1cnc(S(=O)(=O)NC2CC3CCC(C2)N3S(C)(=O)=O)c1. The summed E-state index contributed by atoms with van der Waals surface area (Å²) in [5.74, 6) is 0. The van der Waals surface area contributed by atoms with Crippen LogP contribution >= 0.6 is 0 Å². The minimum absolute atomic E-state index is 0.00842. The molecule has 2 aliphatic heterocycles. The second-order valence-corrected chi connectivity index (χ2v) is 10.6. The van der Waals surface area contributed by atoms with Crippen LogP contribution in [0.5, 0.6) is 0 Å². The lowest BCUT2D eigenvalue weighted by Gasteiger charge is -2.37. The predicted molar refractivity (Wildman–Crippen MR) is 89.4 cm³/mol. The Morgan fingerprint density at radius 3 is 2.21 bits per heavy atom. The molecule has 0 aliphatic carbocycles. The maximum atomic E-state index is 12.5. The zero-order valence-electron chi connectivity index (χ0n) is 14.1. The number of rotatable bonds is 5. The molecule has 2 saturated heterocycles. The molecule has 0 spiro atoms. The van der Waals surface area contributed by atoms with Gasteiger partial charge in [0.1, 0.15) is 0 Å². The maximum Gasteiger partial charge on any atom is 0.259 e. The third kappa shape index (κ3) is 3.37. The highest BCUT2D eigenvalue weighted by atomic mass is 32.2. The summed E-state index contributed by atoms with van der Waals surface area (Å²) in [6, 6.07) is -0.343. The maximum absolute atomic E-state index is 12.5. The standard InChI is InChI=1S/C14H24N4O4S2/c1-10(2)17-8-14(15-9-17)24(21,22)16-11-6-12-4-5-13(7-11)18(12)23(3,19)20/h8-13,16H,4-7H2,1-3H3. The largest absolute Gasteiger partial charge is 0.334 e. The summed E-state index contributed by atoms with van der Waals surface area (Å²) in [5.41, 5.74) is 0. The van der Waals surface area contributed by atoms with E-state index in [4.69, 9.17) is 0 Å². The fourth-order valence-corrected chi connectivity index (χ4v) is 6.46. The molecule has 8 nitrogen and oxygen atoms in total. The van der Waals surface area contributed by atoms with Gasteiger partial charge in [-0.25, -0.2) is 26.5 Å². The van der Waals surface area contributed by atoms with Crippen molar-refractivity contribution in [2.75, 3.05) is 6.26 Å². The quantitative estimate of drug-likeness (QED) is 0.815. The van der Waals surface area contributed by atoms with Crippen LogP contribution in [0.25, 0.3) is 0 Å². The average Bonchev–Trinajstić information content (AvgIpc) is 3.02. The molecule has 3 heterocycles. The van der Waals surface area contributed by atoms with E-state index in [1.165, 1.54) is 18.8 Å². The minimum Gasteiger partial charge on any atom is -0.334 e. The van der Waals surface area contributed by atoms with Crippen LogP contribution in [0.15, 0.2) is 17.6 Å². The first-order chi connectivity index (χ1) is 11.1. The Bertz CT molecular complexity index is 802. The van der Waals surface area contributed by atoms with E-state index < -0.39 is 20.0 Å². The molecule has 0 radical (unpaired) electrons. The van der Waals surface area contributed by atoms with Gasteiger partial charge >= 0.3 is 0 Å². The van der Waals surface area contributed by atoms with Gasteiger partial charge in [-0.3, -0.25) is 0 Å². The molecular formula is C14H24N4O4S2. The summed E-state index contributed by atoms with van der Waals surface area (Å²) in [5, 5.41) is 0.00842. The van der Waals surface area contributed by atoms with E-state index >= 15 is 0 Å². The lowest BCUT2D eigenvalue weighted by Crippen LogP contribution is -2.52. The lowest BCUT2D eigenvalue weighted by molar-refractivity contribution is 0.221. The second kappa shape index (κ2) is 6.08. The molecule has 0 saturated carbocycles. The molecule has 2 fully saturated rings. The normalized spacial score (nSPS) is 28.6. The number of sulfonamides is 2. The first-order valence-corrected chi connectivity index (χ1v) is 11.5. The van der Waals surface area contributed by atoms with Crippen LogP contribution in [0.4, 0.5) is 0 Å². The Balaban J connectivity index is 1.73. The van der Waals surface area contributed by atoms with Crippen LogP contribution in [-0.4, -0.2) is 55.1 Å². The topological polar surface area (TPSA) is 101 Å². The van der Waals surface area contributed by atoms with Gasteiger partial charge in [0.2, 0.25) is 10.0 Å². The minimum atomic E-state index is -3.69. The summed E-state index contributed by atoms with van der Waals surface area (Å²) in [6.45, 7) is 3.90. The molecule has 2 bridgehead atoms. The Hall–Kier alpha value is -0.970. The van der Waals surface area contributed by atoms with Crippen molar-refractivity contribution in [2.24, 2.45) is 0 Å². The van der Waals surface area contributed by atoms with E-state index in [0.29, 0.717) is 12.8 Å². The van der Waals surface area contributed by atoms with Gasteiger partial charge in [0.05, 0.1) is 12.6 Å². The van der Waals surface area contributed by atoms with Crippen molar-refractivity contribution in [1.29, 1.82) is 0 Å². The molecule has 136 valence electrons. The highest BCUT2D eigenvalue weighted by Gasteiger charge is 2.46. The summed E-state index contributed by atoms with van der Waals surface area (Å²) in [7, 11) is -6.94. The first kappa shape index (κ1) is 17.8. The van der Waals surface area contributed by atoms with E-state index in [1.807, 2.05) is 13.8 Å². The number of nitrogens with zero attached hydrogens (tertiary/aromatic N) is 3. The van der Waals surface area contributed by atoms with Crippen molar-refractivity contribution in [2.45, 2.75) is 68.7 Å². The molecule has 2 atom stereocenters. The van der Waals surface area contributed by atoms with Gasteiger partial charge in [-0.15, -0.1) is 0 Å². The van der Waals surface area contributed by atoms with Crippen LogP contribution in [0.2, 0.25) is 0 Å². The van der Waals surface area contributed by atoms with Crippen LogP contribution < -0.4 is 4.72 Å². The van der Waals surface area contributed by atoms with E-state index in [1.54, 1.807) is 8.87 Å². The third-order valence-electron chi connectivity index (χ3n) is 4.82. The number of piperidine rings is 1. The van der Waals surface area contributed by atoms with Gasteiger partial charge < -0.3 is 4.57 Å². The monoisotopic (exact) mass is 376 g/mol. The molecule has 24 heavy (non-hydrogen) atoms. The number of hydrogen-bond acceptors (Lipinski definition) is 5. The van der Waals surface area contributed by atoms with Crippen LogP contribution in [0.1, 0.15) is 45.6 Å². The Morgan fingerprint density at radius 2 is 1.75 bits per heavy atom. The highest BCUT2D eigenvalue weighted by molar-refractivity contribution is 7.89. The zero-order chi connectivity index (χ0) is 17.7. The molecule has 1 aromatic rings. The predicted octanol–water partition coefficient (Wildman–Crippen LogP) is 0.697. The molecule has 0 aromatic carbocycles. The Labute approximate surface area is 143 Å². The molecule has 0 amide bonds. The fourth-order valence-electron chi connectivity index (χ4n) is 3.79. The van der Waals surface area contributed by atoms with Gasteiger partial charge in [0.25, 0.3) is 10.0 Å². The van der Waals surface area contributed by atoms with Gasteiger partial charge in [0.15, 0.2) is 5.03 Å². The average molecular weight is 377 g/mol. The number of fused-ring (bicyclic) bond motifs is 2. The van der Waals surface area contributed by atoms with E-state index in [2.05, 4.69) is 9.71 Å². The van der Waals surface area contributed by atoms with Crippen molar-refractivity contribution < 1.29 is 16.8 Å².